The topological polar surface area (TPSA) is 125 Å². The molecule has 4 aromatic rings. The zero-order valence-corrected chi connectivity index (χ0v) is 22.2. The fourth-order valence-corrected chi connectivity index (χ4v) is 5.83. The van der Waals surface area contributed by atoms with Crippen LogP contribution in [0.25, 0.3) is 11.0 Å². The fourth-order valence-electron chi connectivity index (χ4n) is 5.83. The number of carboxylic acid groups (broad SMARTS) is 1. The van der Waals surface area contributed by atoms with Gasteiger partial charge in [-0.05, 0) is 55.0 Å². The molecule has 2 heterocycles. The number of aromatic amines is 1. The van der Waals surface area contributed by atoms with E-state index in [1.807, 2.05) is 47.0 Å². The molecule has 1 saturated heterocycles. The Hall–Kier alpha value is -4.44. The number of benzene rings is 3. The molecule has 40 heavy (non-hydrogen) atoms. The number of aromatic nitrogens is 2. The van der Waals surface area contributed by atoms with Gasteiger partial charge >= 0.3 is 11.8 Å². The lowest BCUT2D eigenvalue weighted by molar-refractivity contribution is -0.384. The number of rotatable bonds is 10. The standard InChI is InChI=1S/C30H33N5O5/c36-29-31-26-10-4-5-11-28(26)34(29)27-16-18-33(30(37)38)21-24(27)9-6-17-32(19-22-7-2-1-3-8-22)20-23-12-14-25(15-13-23)35(39)40/h1-5,7-8,10-15,24,27H,6,9,16-21H2,(H,31,36)(H,37,38)/t24?,27-/m0/s1. The quantitative estimate of drug-likeness (QED) is 0.208. The number of nitrogens with zero attached hydrogens (tertiary/aromatic N) is 4. The van der Waals surface area contributed by atoms with Crippen LogP contribution in [-0.4, -0.2) is 55.1 Å². The van der Waals surface area contributed by atoms with Crippen LogP contribution in [0.5, 0.6) is 0 Å². The summed E-state index contributed by atoms with van der Waals surface area (Å²) in [6.07, 6.45) is 1.21. The van der Waals surface area contributed by atoms with Gasteiger partial charge in [0.15, 0.2) is 0 Å². The van der Waals surface area contributed by atoms with Crippen molar-refractivity contribution in [1.82, 2.24) is 19.4 Å². The summed E-state index contributed by atoms with van der Waals surface area (Å²) < 4.78 is 1.82. The molecule has 1 aliphatic heterocycles. The molecule has 0 saturated carbocycles. The van der Waals surface area contributed by atoms with E-state index in [2.05, 4.69) is 22.0 Å². The monoisotopic (exact) mass is 543 g/mol. The normalized spacial score (nSPS) is 17.4. The second kappa shape index (κ2) is 12.2. The average molecular weight is 544 g/mol. The predicted molar refractivity (Wildman–Crippen MR) is 152 cm³/mol. The highest BCUT2D eigenvalue weighted by molar-refractivity contribution is 5.75. The number of piperidine rings is 1. The van der Waals surface area contributed by atoms with Crippen LogP contribution in [-0.2, 0) is 13.1 Å². The third kappa shape index (κ3) is 6.23. The van der Waals surface area contributed by atoms with Gasteiger partial charge in [0.05, 0.1) is 16.0 Å². The number of fused-ring (bicyclic) bond motifs is 1. The summed E-state index contributed by atoms with van der Waals surface area (Å²) in [6.45, 7) is 2.87. The molecule has 10 nitrogen and oxygen atoms in total. The van der Waals surface area contributed by atoms with E-state index in [4.69, 9.17) is 0 Å². The number of imidazole rings is 1. The van der Waals surface area contributed by atoms with Crippen molar-refractivity contribution >= 4 is 22.8 Å². The fraction of sp³-hybridized carbons (Fsp3) is 0.333. The maximum atomic E-state index is 13.0. The summed E-state index contributed by atoms with van der Waals surface area (Å²) in [5.41, 5.74) is 3.68. The maximum absolute atomic E-state index is 13.0. The number of amides is 1. The second-order valence-electron chi connectivity index (χ2n) is 10.4. The molecule has 5 rings (SSSR count). The molecule has 208 valence electrons. The van der Waals surface area contributed by atoms with E-state index in [1.165, 1.54) is 22.6 Å². The van der Waals surface area contributed by atoms with Gasteiger partial charge in [-0.25, -0.2) is 9.59 Å². The van der Waals surface area contributed by atoms with Crippen LogP contribution in [0.15, 0.2) is 83.7 Å². The van der Waals surface area contributed by atoms with E-state index in [9.17, 15) is 24.8 Å². The van der Waals surface area contributed by atoms with Crippen molar-refractivity contribution in [2.75, 3.05) is 19.6 Å². The molecule has 3 aromatic carbocycles. The summed E-state index contributed by atoms with van der Waals surface area (Å²) in [5, 5.41) is 20.8. The Morgan fingerprint density at radius 1 is 1.00 bits per heavy atom. The number of non-ortho nitro benzene ring substituents is 1. The van der Waals surface area contributed by atoms with Crippen molar-refractivity contribution in [1.29, 1.82) is 0 Å². The molecule has 0 aliphatic carbocycles. The highest BCUT2D eigenvalue weighted by Crippen LogP contribution is 2.33. The highest BCUT2D eigenvalue weighted by atomic mass is 16.6. The molecule has 2 N–H and O–H groups in total. The zero-order chi connectivity index (χ0) is 28.1. The van der Waals surface area contributed by atoms with Crippen LogP contribution in [0, 0.1) is 16.0 Å². The average Bonchev–Trinajstić information content (AvgIpc) is 3.29. The van der Waals surface area contributed by atoms with Gasteiger partial charge in [0, 0.05) is 44.4 Å². The lowest BCUT2D eigenvalue weighted by atomic mass is 9.87. The Labute approximate surface area is 231 Å². The van der Waals surface area contributed by atoms with Gasteiger partial charge in [0.1, 0.15) is 0 Å². The molecule has 1 amide bonds. The van der Waals surface area contributed by atoms with E-state index >= 15 is 0 Å². The number of para-hydroxylation sites is 2. The molecule has 1 unspecified atom stereocenters. The van der Waals surface area contributed by atoms with Crippen LogP contribution in [0.1, 0.15) is 36.4 Å². The second-order valence-corrected chi connectivity index (χ2v) is 10.4. The zero-order valence-electron chi connectivity index (χ0n) is 22.2. The first-order valence-electron chi connectivity index (χ1n) is 13.6. The van der Waals surface area contributed by atoms with E-state index in [-0.39, 0.29) is 23.3 Å². The Kier molecular flexibility index (Phi) is 8.26. The number of carbonyl (C=O) groups is 1. The lowest BCUT2D eigenvalue weighted by Crippen LogP contribution is -2.45. The highest BCUT2D eigenvalue weighted by Gasteiger charge is 2.34. The number of nitrogens with one attached hydrogen (secondary N) is 1. The molecule has 0 bridgehead atoms. The van der Waals surface area contributed by atoms with E-state index in [0.717, 1.165) is 42.5 Å². The Morgan fingerprint density at radius 2 is 1.68 bits per heavy atom. The lowest BCUT2D eigenvalue weighted by Gasteiger charge is -2.38. The first-order chi connectivity index (χ1) is 19.4. The van der Waals surface area contributed by atoms with Gasteiger partial charge in [0.25, 0.3) is 5.69 Å². The van der Waals surface area contributed by atoms with Gasteiger partial charge in [-0.15, -0.1) is 0 Å². The number of hydrogen-bond acceptors (Lipinski definition) is 5. The van der Waals surface area contributed by atoms with E-state index in [1.54, 1.807) is 12.1 Å². The van der Waals surface area contributed by atoms with Crippen LogP contribution in [0.4, 0.5) is 10.5 Å². The van der Waals surface area contributed by atoms with Gasteiger partial charge in [-0.1, -0.05) is 54.6 Å². The molecule has 1 fully saturated rings. The molecular formula is C30H33N5O5. The molecule has 1 aliphatic rings. The Bertz CT molecular complexity index is 1520. The van der Waals surface area contributed by atoms with Crippen molar-refractivity contribution in [2.45, 2.75) is 38.4 Å². The third-order valence-corrected chi connectivity index (χ3v) is 7.77. The summed E-state index contributed by atoms with van der Waals surface area (Å²) >= 11 is 0. The minimum absolute atomic E-state index is 0.0142. The molecule has 2 atom stereocenters. The Morgan fingerprint density at radius 3 is 2.38 bits per heavy atom. The first-order valence-corrected chi connectivity index (χ1v) is 13.6. The SMILES string of the molecule is O=C(O)N1CC[C@H](n2c(=O)[nH]c3ccccc32)C(CCCN(Cc2ccccc2)Cc2ccc([N+](=O)[O-])cc2)C1. The largest absolute Gasteiger partial charge is 0.465 e. The van der Waals surface area contributed by atoms with Gasteiger partial charge in [-0.3, -0.25) is 19.6 Å². The van der Waals surface area contributed by atoms with Crippen LogP contribution >= 0.6 is 0 Å². The van der Waals surface area contributed by atoms with Gasteiger partial charge in [0.2, 0.25) is 0 Å². The van der Waals surface area contributed by atoms with E-state index < -0.39 is 11.0 Å². The van der Waals surface area contributed by atoms with E-state index in [0.29, 0.717) is 26.1 Å². The molecule has 10 heteroatoms. The molecule has 0 spiro atoms. The van der Waals surface area contributed by atoms with Crippen LogP contribution < -0.4 is 5.69 Å². The number of nitro benzene ring substituents is 1. The minimum atomic E-state index is -0.932. The van der Waals surface area contributed by atoms with Gasteiger partial charge in [-0.2, -0.15) is 0 Å². The molecule has 1 aromatic heterocycles. The summed E-state index contributed by atoms with van der Waals surface area (Å²) in [6, 6.07) is 24.3. The number of likely N-dealkylation sites (tertiary alicyclic amines) is 1. The smallest absolute Gasteiger partial charge is 0.407 e. The van der Waals surface area contributed by atoms with Crippen molar-refractivity contribution in [3.63, 3.8) is 0 Å². The van der Waals surface area contributed by atoms with Crippen LogP contribution in [0.2, 0.25) is 0 Å². The van der Waals surface area contributed by atoms with Crippen molar-refractivity contribution in [3.8, 4) is 0 Å². The minimum Gasteiger partial charge on any atom is -0.465 e. The summed E-state index contributed by atoms with van der Waals surface area (Å²) in [5.74, 6) is -0.0142. The predicted octanol–water partition coefficient (Wildman–Crippen LogP) is 5.26. The van der Waals surface area contributed by atoms with Crippen molar-refractivity contribution in [3.05, 3.63) is 111 Å². The maximum Gasteiger partial charge on any atom is 0.407 e. The van der Waals surface area contributed by atoms with Crippen molar-refractivity contribution < 1.29 is 14.8 Å². The molecule has 0 radical (unpaired) electrons. The Balaban J connectivity index is 1.33. The number of H-pyrrole nitrogens is 1. The third-order valence-electron chi connectivity index (χ3n) is 7.77. The first kappa shape index (κ1) is 27.1. The van der Waals surface area contributed by atoms with Gasteiger partial charge < -0.3 is 15.0 Å². The van der Waals surface area contributed by atoms with Crippen molar-refractivity contribution in [2.24, 2.45) is 5.92 Å². The number of nitro groups is 1. The summed E-state index contributed by atoms with van der Waals surface area (Å²) in [4.78, 5) is 42.2. The molecular weight excluding hydrogens is 510 g/mol. The summed E-state index contributed by atoms with van der Waals surface area (Å²) in [7, 11) is 0. The van der Waals surface area contributed by atoms with Crippen LogP contribution in [0.3, 0.4) is 0 Å². The number of hydrogen-bond donors (Lipinski definition) is 2.